The first-order valence-corrected chi connectivity index (χ1v) is 19.6. The molecular formula is C38H63BrN2O6S. The summed E-state index contributed by atoms with van der Waals surface area (Å²) in [6, 6.07) is 13.4. The number of anilines is 1. The lowest BCUT2D eigenvalue weighted by Crippen LogP contribution is -3.00. The number of rotatable bonds is 21. The molecule has 0 aromatic heterocycles. The van der Waals surface area contributed by atoms with Gasteiger partial charge in [-0.2, -0.15) is 0 Å². The average molecular weight is 756 g/mol. The molecule has 3 rings (SSSR count). The molecule has 1 aliphatic heterocycles. The van der Waals surface area contributed by atoms with Crippen LogP contribution in [-0.4, -0.2) is 103 Å². The van der Waals surface area contributed by atoms with Crippen molar-refractivity contribution in [1.82, 2.24) is 0 Å². The zero-order valence-electron chi connectivity index (χ0n) is 30.7. The van der Waals surface area contributed by atoms with Crippen molar-refractivity contribution in [1.29, 1.82) is 0 Å². The minimum atomic E-state index is -3.63. The quantitative estimate of drug-likeness (QED) is 0.154. The van der Waals surface area contributed by atoms with E-state index in [1.165, 1.54) is 0 Å². The highest BCUT2D eigenvalue weighted by atomic mass is 79.9. The summed E-state index contributed by atoms with van der Waals surface area (Å²) < 4.78 is 46.7. The van der Waals surface area contributed by atoms with E-state index in [-0.39, 0.29) is 22.7 Å². The summed E-state index contributed by atoms with van der Waals surface area (Å²) in [4.78, 5) is 2.31. The summed E-state index contributed by atoms with van der Waals surface area (Å²) in [5, 5.41) is 12.4. The monoisotopic (exact) mass is 754 g/mol. The Morgan fingerprint density at radius 2 is 1.40 bits per heavy atom. The van der Waals surface area contributed by atoms with Crippen LogP contribution in [0.25, 0.3) is 0 Å². The fourth-order valence-electron chi connectivity index (χ4n) is 7.11. The van der Waals surface area contributed by atoms with Crippen LogP contribution in [-0.2, 0) is 19.3 Å². The van der Waals surface area contributed by atoms with Crippen LogP contribution in [0.2, 0.25) is 0 Å². The number of quaternary nitrogens is 1. The molecule has 2 aromatic carbocycles. The molecule has 0 spiro atoms. The van der Waals surface area contributed by atoms with Crippen LogP contribution in [0.15, 0.2) is 47.4 Å². The van der Waals surface area contributed by atoms with Crippen molar-refractivity contribution in [3.05, 3.63) is 53.6 Å². The standard InChI is InChI=1S/C38H63N2O6S.BrH/c1-8-13-21-38(22-14-9-2)30-47(42,43)35-20-17-32(39(6)7)29-34(35)36(37(38)41)31-15-18-33(19-16-31)46-28-27-45-26-25-44-24-23-40(10-3,11-4)12-5;/h15-20,29,36-37,41H,8-14,21-28,30H2,1-7H3;1H/q+1;/p-1/t36-,37-;/m1./s1. The number of fused-ring (bicyclic) bond motifs is 1. The van der Waals surface area contributed by atoms with Crippen molar-refractivity contribution in [2.45, 2.75) is 90.1 Å². The third kappa shape index (κ3) is 10.9. The Bertz CT molecular complexity index is 1300. The molecule has 0 fully saturated rings. The first kappa shape index (κ1) is 42.5. The molecule has 1 N–H and O–H groups in total. The number of ether oxygens (including phenoxy) is 3. The largest absolute Gasteiger partial charge is 1.00 e. The predicted octanol–water partition coefficient (Wildman–Crippen LogP) is 3.69. The van der Waals surface area contributed by atoms with E-state index in [0.717, 1.165) is 74.2 Å². The van der Waals surface area contributed by atoms with Crippen LogP contribution in [0.4, 0.5) is 5.69 Å². The average Bonchev–Trinajstić information content (AvgIpc) is 3.14. The molecule has 0 saturated carbocycles. The molecular weight excluding hydrogens is 692 g/mol. The maximum absolute atomic E-state index is 14.0. The number of sulfone groups is 1. The minimum absolute atomic E-state index is 0. The molecule has 2 aromatic rings. The molecule has 1 heterocycles. The molecule has 2 atom stereocenters. The Labute approximate surface area is 302 Å². The highest BCUT2D eigenvalue weighted by molar-refractivity contribution is 7.91. The van der Waals surface area contributed by atoms with Crippen LogP contribution in [0.5, 0.6) is 5.75 Å². The summed E-state index contributed by atoms with van der Waals surface area (Å²) in [5.41, 5.74) is 1.74. The third-order valence-electron chi connectivity index (χ3n) is 10.5. The van der Waals surface area contributed by atoms with E-state index in [2.05, 4.69) is 34.6 Å². The van der Waals surface area contributed by atoms with Gasteiger partial charge in [-0.15, -0.1) is 0 Å². The van der Waals surface area contributed by atoms with Gasteiger partial charge in [-0.25, -0.2) is 8.42 Å². The number of hydrogen-bond donors (Lipinski definition) is 1. The zero-order valence-corrected chi connectivity index (χ0v) is 33.1. The van der Waals surface area contributed by atoms with Gasteiger partial charge in [0.05, 0.1) is 62.8 Å². The maximum atomic E-state index is 14.0. The van der Waals surface area contributed by atoms with Crippen molar-refractivity contribution >= 4 is 15.5 Å². The van der Waals surface area contributed by atoms with Crippen molar-refractivity contribution in [3.8, 4) is 5.75 Å². The number of benzene rings is 2. The fourth-order valence-corrected chi connectivity index (χ4v) is 9.30. The topological polar surface area (TPSA) is 85.3 Å². The number of hydrogen-bond acceptors (Lipinski definition) is 7. The molecule has 0 aliphatic carbocycles. The van der Waals surface area contributed by atoms with Gasteiger partial charge in [-0.05, 0) is 75.1 Å². The van der Waals surface area contributed by atoms with Crippen LogP contribution in [0.3, 0.4) is 0 Å². The van der Waals surface area contributed by atoms with E-state index in [0.29, 0.717) is 55.5 Å². The maximum Gasteiger partial charge on any atom is 0.179 e. The van der Waals surface area contributed by atoms with Crippen LogP contribution in [0.1, 0.15) is 90.2 Å². The lowest BCUT2D eigenvalue weighted by Gasteiger charge is -2.40. The second-order valence-corrected chi connectivity index (χ2v) is 15.5. The molecule has 10 heteroatoms. The Hall–Kier alpha value is -1.69. The Balaban J connectivity index is 0.00000800. The molecule has 48 heavy (non-hydrogen) atoms. The number of nitrogens with zero attached hydrogens (tertiary/aromatic N) is 2. The van der Waals surface area contributed by atoms with Crippen molar-refractivity contribution in [2.24, 2.45) is 5.41 Å². The third-order valence-corrected chi connectivity index (χ3v) is 12.5. The van der Waals surface area contributed by atoms with Gasteiger partial charge in [-0.3, -0.25) is 0 Å². The van der Waals surface area contributed by atoms with Crippen LogP contribution in [0, 0.1) is 5.41 Å². The second-order valence-electron chi connectivity index (χ2n) is 13.5. The summed E-state index contributed by atoms with van der Waals surface area (Å²) >= 11 is 0. The van der Waals surface area contributed by atoms with E-state index < -0.39 is 27.3 Å². The molecule has 0 bridgehead atoms. The van der Waals surface area contributed by atoms with E-state index >= 15 is 0 Å². The smallest absolute Gasteiger partial charge is 0.179 e. The summed E-state index contributed by atoms with van der Waals surface area (Å²) in [6.07, 6.45) is 4.15. The van der Waals surface area contributed by atoms with Crippen molar-refractivity contribution < 1.29 is 49.2 Å². The number of unbranched alkanes of at least 4 members (excludes halogenated alkanes) is 2. The summed E-state index contributed by atoms with van der Waals surface area (Å²) in [7, 11) is 0.263. The molecule has 1 aliphatic rings. The van der Waals surface area contributed by atoms with Gasteiger partial charge < -0.3 is 45.7 Å². The Morgan fingerprint density at radius 1 is 0.833 bits per heavy atom. The SMILES string of the molecule is CCCCC1(CCCC)CS(=O)(=O)c2ccc(N(C)C)cc2[C@@H](c2ccc(OCCOCCOCC[N+](CC)(CC)CC)cc2)[C@H]1O.[Br-]. The summed E-state index contributed by atoms with van der Waals surface area (Å²) in [5.74, 6) is 0.195. The van der Waals surface area contributed by atoms with Gasteiger partial charge >= 0.3 is 0 Å². The lowest BCUT2D eigenvalue weighted by molar-refractivity contribution is -0.923. The predicted molar refractivity (Wildman–Crippen MR) is 192 cm³/mol. The number of likely N-dealkylation sites (N-methyl/N-ethyl adjacent to an activating group) is 1. The van der Waals surface area contributed by atoms with Crippen LogP contribution >= 0.6 is 0 Å². The highest BCUT2D eigenvalue weighted by Crippen LogP contribution is 2.50. The van der Waals surface area contributed by atoms with E-state index in [1.807, 2.05) is 55.4 Å². The molecule has 0 unspecified atom stereocenters. The molecule has 0 saturated heterocycles. The van der Waals surface area contributed by atoms with Crippen LogP contribution < -0.4 is 26.6 Å². The van der Waals surface area contributed by atoms with E-state index in [4.69, 9.17) is 14.2 Å². The normalized spacial score (nSPS) is 18.4. The fraction of sp³-hybridized carbons (Fsp3) is 0.684. The van der Waals surface area contributed by atoms with E-state index in [9.17, 15) is 13.5 Å². The first-order chi connectivity index (χ1) is 22.5. The Morgan fingerprint density at radius 3 is 1.94 bits per heavy atom. The highest BCUT2D eigenvalue weighted by Gasteiger charge is 2.49. The van der Waals surface area contributed by atoms with Crippen molar-refractivity contribution in [2.75, 3.05) is 84.0 Å². The zero-order chi connectivity index (χ0) is 34.5. The van der Waals surface area contributed by atoms with E-state index in [1.54, 1.807) is 6.07 Å². The molecule has 274 valence electrons. The van der Waals surface area contributed by atoms with Crippen molar-refractivity contribution in [3.63, 3.8) is 0 Å². The van der Waals surface area contributed by atoms with Gasteiger partial charge in [0.25, 0.3) is 0 Å². The number of aliphatic hydroxyl groups excluding tert-OH is 1. The van der Waals surface area contributed by atoms with Gasteiger partial charge in [-0.1, -0.05) is 51.7 Å². The van der Waals surface area contributed by atoms with Gasteiger partial charge in [0.1, 0.15) is 18.9 Å². The Kier molecular flexibility index (Phi) is 17.9. The van der Waals surface area contributed by atoms with Gasteiger partial charge in [0.2, 0.25) is 0 Å². The molecule has 8 nitrogen and oxygen atoms in total. The van der Waals surface area contributed by atoms with Gasteiger partial charge in [0.15, 0.2) is 9.84 Å². The van der Waals surface area contributed by atoms with Gasteiger partial charge in [0, 0.05) is 31.1 Å². The molecule has 0 radical (unpaired) electrons. The number of aliphatic hydroxyl groups is 1. The lowest BCUT2D eigenvalue weighted by atomic mass is 9.68. The summed E-state index contributed by atoms with van der Waals surface area (Å²) in [6.45, 7) is 18.1. The number of halogens is 1. The minimum Gasteiger partial charge on any atom is -1.00 e. The second kappa shape index (κ2) is 20.2. The first-order valence-electron chi connectivity index (χ1n) is 18.0. The molecule has 0 amide bonds.